The van der Waals surface area contributed by atoms with Crippen molar-refractivity contribution in [3.8, 4) is 5.75 Å². The van der Waals surface area contributed by atoms with Gasteiger partial charge in [-0.05, 0) is 31.0 Å². The molecule has 0 spiro atoms. The third-order valence-electron chi connectivity index (χ3n) is 2.28. The van der Waals surface area contributed by atoms with E-state index in [4.69, 9.17) is 4.74 Å². The van der Waals surface area contributed by atoms with E-state index in [1.54, 1.807) is 30.2 Å². The van der Waals surface area contributed by atoms with Gasteiger partial charge in [-0.1, -0.05) is 35.2 Å². The molecule has 0 radical (unpaired) electrons. The number of ether oxygens (including phenoxy) is 1. The standard InChI is InChI=1S/C12H14N2OS2/c1-9-13-14-12(17-9)16-8-7-10-3-5-11(15-2)6-4-10/h3-6H,7-8H2,1-2H3. The van der Waals surface area contributed by atoms with Gasteiger partial charge in [0.15, 0.2) is 4.34 Å². The molecule has 0 fully saturated rings. The first-order valence-electron chi connectivity index (χ1n) is 5.34. The van der Waals surface area contributed by atoms with Gasteiger partial charge in [0.25, 0.3) is 0 Å². The van der Waals surface area contributed by atoms with Crippen LogP contribution in [0.2, 0.25) is 0 Å². The summed E-state index contributed by atoms with van der Waals surface area (Å²) in [5.41, 5.74) is 1.32. The minimum absolute atomic E-state index is 0.904. The first kappa shape index (κ1) is 12.4. The molecule has 0 atom stereocenters. The molecule has 2 aromatic rings. The van der Waals surface area contributed by atoms with Crippen molar-refractivity contribution in [2.75, 3.05) is 12.9 Å². The summed E-state index contributed by atoms with van der Waals surface area (Å²) in [5.74, 6) is 1.93. The second kappa shape index (κ2) is 6.02. The number of rotatable bonds is 5. The highest BCUT2D eigenvalue weighted by atomic mass is 32.2. The Hall–Kier alpha value is -1.07. The van der Waals surface area contributed by atoms with Gasteiger partial charge < -0.3 is 4.74 Å². The number of benzene rings is 1. The topological polar surface area (TPSA) is 35.0 Å². The second-order valence-corrected chi connectivity index (χ2v) is 6.06. The normalized spacial score (nSPS) is 10.5. The van der Waals surface area contributed by atoms with Gasteiger partial charge in [-0.15, -0.1) is 10.2 Å². The lowest BCUT2D eigenvalue weighted by Crippen LogP contribution is -1.89. The molecule has 0 aliphatic carbocycles. The molecular formula is C12H14N2OS2. The number of nitrogens with zero attached hydrogens (tertiary/aromatic N) is 2. The van der Waals surface area contributed by atoms with Gasteiger partial charge in [0.05, 0.1) is 7.11 Å². The predicted molar refractivity (Wildman–Crippen MR) is 72.1 cm³/mol. The number of hydrogen-bond acceptors (Lipinski definition) is 5. The van der Waals surface area contributed by atoms with Crippen LogP contribution in [0.25, 0.3) is 0 Å². The van der Waals surface area contributed by atoms with E-state index in [1.165, 1.54) is 5.56 Å². The van der Waals surface area contributed by atoms with Crippen molar-refractivity contribution in [2.24, 2.45) is 0 Å². The number of thioether (sulfide) groups is 1. The lowest BCUT2D eigenvalue weighted by atomic mass is 10.2. The zero-order valence-corrected chi connectivity index (χ0v) is 11.5. The van der Waals surface area contributed by atoms with E-state index >= 15 is 0 Å². The van der Waals surface area contributed by atoms with E-state index in [0.717, 1.165) is 27.3 Å². The highest BCUT2D eigenvalue weighted by Gasteiger charge is 2.01. The highest BCUT2D eigenvalue weighted by Crippen LogP contribution is 2.23. The Morgan fingerprint density at radius 1 is 1.24 bits per heavy atom. The number of hydrogen-bond donors (Lipinski definition) is 0. The van der Waals surface area contributed by atoms with E-state index < -0.39 is 0 Å². The van der Waals surface area contributed by atoms with Crippen molar-refractivity contribution in [3.63, 3.8) is 0 Å². The maximum atomic E-state index is 5.12. The Balaban J connectivity index is 1.81. The van der Waals surface area contributed by atoms with Crippen LogP contribution in [0.3, 0.4) is 0 Å². The average Bonchev–Trinajstić information content (AvgIpc) is 2.76. The summed E-state index contributed by atoms with van der Waals surface area (Å²) in [7, 11) is 1.68. The summed E-state index contributed by atoms with van der Waals surface area (Å²) in [6, 6.07) is 8.19. The van der Waals surface area contributed by atoms with Gasteiger partial charge in [-0.2, -0.15) is 0 Å². The highest BCUT2D eigenvalue weighted by molar-refractivity contribution is 8.01. The lowest BCUT2D eigenvalue weighted by molar-refractivity contribution is 0.414. The van der Waals surface area contributed by atoms with E-state index in [-0.39, 0.29) is 0 Å². The fraction of sp³-hybridized carbons (Fsp3) is 0.333. The van der Waals surface area contributed by atoms with Crippen LogP contribution in [0, 0.1) is 6.92 Å². The molecule has 0 saturated heterocycles. The summed E-state index contributed by atoms with van der Waals surface area (Å²) < 4.78 is 6.18. The maximum absolute atomic E-state index is 5.12. The predicted octanol–water partition coefficient (Wildman–Crippen LogP) is 3.19. The van der Waals surface area contributed by atoms with Crippen molar-refractivity contribution < 1.29 is 4.74 Å². The molecule has 0 aliphatic heterocycles. The molecule has 1 aromatic carbocycles. The largest absolute Gasteiger partial charge is 0.497 e. The van der Waals surface area contributed by atoms with Crippen LogP contribution < -0.4 is 4.74 Å². The molecule has 1 aromatic heterocycles. The van der Waals surface area contributed by atoms with Crippen molar-refractivity contribution in [2.45, 2.75) is 17.7 Å². The third-order valence-corrected chi connectivity index (χ3v) is 4.26. The van der Waals surface area contributed by atoms with Gasteiger partial charge in [0, 0.05) is 5.75 Å². The van der Waals surface area contributed by atoms with E-state index in [9.17, 15) is 0 Å². The Kier molecular flexibility index (Phi) is 4.39. The SMILES string of the molecule is COc1ccc(CCSc2nnc(C)s2)cc1. The first-order chi connectivity index (χ1) is 8.28. The molecule has 0 saturated carbocycles. The Labute approximate surface area is 109 Å². The van der Waals surface area contributed by atoms with Gasteiger partial charge in [-0.25, -0.2) is 0 Å². The van der Waals surface area contributed by atoms with Crippen LogP contribution in [0.5, 0.6) is 5.75 Å². The van der Waals surface area contributed by atoms with Crippen LogP contribution in [0.1, 0.15) is 10.6 Å². The molecule has 1 heterocycles. The van der Waals surface area contributed by atoms with Crippen LogP contribution in [0.15, 0.2) is 28.6 Å². The molecule has 0 N–H and O–H groups in total. The molecule has 90 valence electrons. The Bertz CT molecular complexity index is 468. The average molecular weight is 266 g/mol. The van der Waals surface area contributed by atoms with E-state index in [1.807, 2.05) is 19.1 Å². The molecule has 3 nitrogen and oxygen atoms in total. The number of methoxy groups -OCH3 is 1. The van der Waals surface area contributed by atoms with E-state index in [0.29, 0.717) is 0 Å². The lowest BCUT2D eigenvalue weighted by Gasteiger charge is -2.02. The molecule has 0 unspecified atom stereocenters. The van der Waals surface area contributed by atoms with Gasteiger partial charge in [0.2, 0.25) is 0 Å². The monoisotopic (exact) mass is 266 g/mol. The minimum atomic E-state index is 0.904. The maximum Gasteiger partial charge on any atom is 0.174 e. The van der Waals surface area contributed by atoms with Crippen LogP contribution >= 0.6 is 23.1 Å². The molecule has 17 heavy (non-hydrogen) atoms. The quantitative estimate of drug-likeness (QED) is 0.779. The summed E-state index contributed by atoms with van der Waals surface area (Å²) in [5, 5.41) is 9.11. The minimum Gasteiger partial charge on any atom is -0.497 e. The fourth-order valence-corrected chi connectivity index (χ4v) is 3.26. The van der Waals surface area contributed by atoms with Crippen molar-refractivity contribution in [3.05, 3.63) is 34.8 Å². The molecule has 0 aliphatic rings. The van der Waals surface area contributed by atoms with E-state index in [2.05, 4.69) is 22.3 Å². The zero-order chi connectivity index (χ0) is 12.1. The number of aryl methyl sites for hydroxylation is 2. The van der Waals surface area contributed by atoms with Gasteiger partial charge >= 0.3 is 0 Å². The Morgan fingerprint density at radius 2 is 2.00 bits per heavy atom. The van der Waals surface area contributed by atoms with Crippen molar-refractivity contribution >= 4 is 23.1 Å². The summed E-state index contributed by atoms with van der Waals surface area (Å²) >= 11 is 3.41. The first-order valence-corrected chi connectivity index (χ1v) is 7.14. The summed E-state index contributed by atoms with van der Waals surface area (Å²) in [6.45, 7) is 1.98. The van der Waals surface area contributed by atoms with Crippen LogP contribution in [-0.4, -0.2) is 23.1 Å². The molecule has 5 heteroatoms. The summed E-state index contributed by atoms with van der Waals surface area (Å²) in [6.07, 6.45) is 1.04. The molecule has 0 amide bonds. The van der Waals surface area contributed by atoms with Gasteiger partial charge in [-0.3, -0.25) is 0 Å². The smallest absolute Gasteiger partial charge is 0.174 e. The van der Waals surface area contributed by atoms with Crippen molar-refractivity contribution in [1.82, 2.24) is 10.2 Å². The van der Waals surface area contributed by atoms with Crippen LogP contribution in [0.4, 0.5) is 0 Å². The van der Waals surface area contributed by atoms with Crippen molar-refractivity contribution in [1.29, 1.82) is 0 Å². The molecule has 0 bridgehead atoms. The number of aromatic nitrogens is 2. The third kappa shape index (κ3) is 3.71. The Morgan fingerprint density at radius 3 is 2.59 bits per heavy atom. The second-order valence-electron chi connectivity index (χ2n) is 3.53. The fourth-order valence-electron chi connectivity index (χ4n) is 1.39. The molecule has 2 rings (SSSR count). The zero-order valence-electron chi connectivity index (χ0n) is 9.84. The molecular weight excluding hydrogens is 252 g/mol. The summed E-state index contributed by atoms with van der Waals surface area (Å²) in [4.78, 5) is 0. The van der Waals surface area contributed by atoms with Crippen LogP contribution in [-0.2, 0) is 6.42 Å². The van der Waals surface area contributed by atoms with Gasteiger partial charge in [0.1, 0.15) is 10.8 Å².